The van der Waals surface area contributed by atoms with E-state index in [4.69, 9.17) is 19.8 Å². The van der Waals surface area contributed by atoms with Crippen LogP contribution in [0.25, 0.3) is 0 Å². The van der Waals surface area contributed by atoms with Crippen LogP contribution in [0.2, 0.25) is 0 Å². The second-order valence-corrected chi connectivity index (χ2v) is 9.12. The number of likely N-dealkylation sites (tertiary alicyclic amines) is 2. The molecule has 2 aliphatic heterocycles. The summed E-state index contributed by atoms with van der Waals surface area (Å²) in [6.07, 6.45) is -1.31. The van der Waals surface area contributed by atoms with Crippen LogP contribution in [0, 0.1) is 5.82 Å². The highest BCUT2D eigenvalue weighted by Gasteiger charge is 2.43. The topological polar surface area (TPSA) is 94.0 Å². The predicted molar refractivity (Wildman–Crippen MR) is 125 cm³/mol. The van der Waals surface area contributed by atoms with E-state index in [1.54, 1.807) is 6.07 Å². The average Bonchev–Trinajstić information content (AvgIpc) is 3.22. The van der Waals surface area contributed by atoms with Crippen LogP contribution in [0.1, 0.15) is 36.8 Å². The maximum absolute atomic E-state index is 13.4. The number of benzene rings is 1. The largest absolute Gasteiger partial charge is 0.490 e. The SMILES string of the molecule is Fc1cccc(CN2CCC3(CCCN3Cc3cccnc3)CC2)c1.O=C(O)C(F)(F)F.O=C(O)C(F)(F)F. The minimum absolute atomic E-state index is 0.135. The first kappa shape index (κ1) is 32.0. The number of carboxylic acid groups (broad SMARTS) is 2. The van der Waals surface area contributed by atoms with E-state index < -0.39 is 24.3 Å². The van der Waals surface area contributed by atoms with Crippen molar-refractivity contribution in [2.24, 2.45) is 0 Å². The molecule has 1 aromatic heterocycles. The third-order valence-corrected chi connectivity index (χ3v) is 6.40. The molecule has 39 heavy (non-hydrogen) atoms. The van der Waals surface area contributed by atoms with Gasteiger partial charge < -0.3 is 10.2 Å². The van der Waals surface area contributed by atoms with Gasteiger partial charge in [-0.05, 0) is 61.6 Å². The van der Waals surface area contributed by atoms with Gasteiger partial charge in [0.15, 0.2) is 0 Å². The van der Waals surface area contributed by atoms with Crippen LogP contribution in [-0.2, 0) is 22.7 Å². The van der Waals surface area contributed by atoms with E-state index in [2.05, 4.69) is 20.9 Å². The molecule has 2 fully saturated rings. The highest BCUT2D eigenvalue weighted by Crippen LogP contribution is 2.39. The lowest BCUT2D eigenvalue weighted by Crippen LogP contribution is -2.51. The number of rotatable bonds is 4. The average molecular weight is 568 g/mol. The molecule has 2 N–H and O–H groups in total. The molecule has 7 nitrogen and oxygen atoms in total. The molecule has 0 aliphatic carbocycles. The molecule has 3 heterocycles. The van der Waals surface area contributed by atoms with Crippen molar-refractivity contribution in [3.05, 3.63) is 65.7 Å². The second-order valence-electron chi connectivity index (χ2n) is 9.12. The Morgan fingerprint density at radius 3 is 1.90 bits per heavy atom. The Balaban J connectivity index is 0.000000317. The molecule has 14 heteroatoms. The van der Waals surface area contributed by atoms with Crippen molar-refractivity contribution in [2.45, 2.75) is 56.7 Å². The second kappa shape index (κ2) is 13.7. The molecule has 0 radical (unpaired) electrons. The van der Waals surface area contributed by atoms with Gasteiger partial charge >= 0.3 is 24.3 Å². The molecule has 1 aromatic carbocycles. The molecule has 0 amide bonds. The first-order valence-electron chi connectivity index (χ1n) is 11.8. The molecule has 216 valence electrons. The summed E-state index contributed by atoms with van der Waals surface area (Å²) in [6.45, 7) is 5.26. The van der Waals surface area contributed by atoms with Gasteiger partial charge in [-0.1, -0.05) is 18.2 Å². The number of piperidine rings is 1. The zero-order valence-electron chi connectivity index (χ0n) is 20.7. The van der Waals surface area contributed by atoms with Gasteiger partial charge in [-0.3, -0.25) is 14.8 Å². The minimum atomic E-state index is -5.08. The van der Waals surface area contributed by atoms with Crippen LogP contribution in [0.4, 0.5) is 30.7 Å². The Hall–Kier alpha value is -3.26. The molecule has 0 saturated carbocycles. The van der Waals surface area contributed by atoms with Crippen molar-refractivity contribution in [2.75, 3.05) is 19.6 Å². The van der Waals surface area contributed by atoms with Crippen molar-refractivity contribution in [3.63, 3.8) is 0 Å². The fraction of sp³-hybridized carbons (Fsp3) is 0.480. The van der Waals surface area contributed by atoms with Gasteiger partial charge in [0.25, 0.3) is 0 Å². The number of pyridine rings is 1. The number of carbonyl (C=O) groups is 2. The number of aromatic nitrogens is 1. The summed E-state index contributed by atoms with van der Waals surface area (Å²) in [5, 5.41) is 14.2. The molecule has 0 atom stereocenters. The standard InChI is InChI=1S/C21H26FN3.2C2HF3O2/c22-20-6-1-4-18(14-20)16-24-12-8-21(9-13-24)7-3-11-25(21)17-19-5-2-10-23-15-19;2*3-2(4,5)1(6)7/h1-2,4-6,10,14-15H,3,7-9,11-13,16-17H2;2*(H,6,7). The van der Waals surface area contributed by atoms with Crippen LogP contribution < -0.4 is 0 Å². The summed E-state index contributed by atoms with van der Waals surface area (Å²) in [5.41, 5.74) is 2.74. The Bertz CT molecular complexity index is 1050. The van der Waals surface area contributed by atoms with Gasteiger partial charge in [-0.25, -0.2) is 14.0 Å². The number of alkyl halides is 6. The Labute approximate surface area is 219 Å². The number of carboxylic acids is 2. The summed E-state index contributed by atoms with van der Waals surface area (Å²) in [6, 6.07) is 11.2. The first-order chi connectivity index (χ1) is 18.1. The smallest absolute Gasteiger partial charge is 0.475 e. The Morgan fingerprint density at radius 2 is 1.41 bits per heavy atom. The van der Waals surface area contributed by atoms with E-state index in [1.165, 1.54) is 43.9 Å². The summed E-state index contributed by atoms with van der Waals surface area (Å²) < 4.78 is 76.9. The first-order valence-corrected chi connectivity index (χ1v) is 11.8. The van der Waals surface area contributed by atoms with Gasteiger partial charge in [0, 0.05) is 44.1 Å². The van der Waals surface area contributed by atoms with E-state index in [0.29, 0.717) is 5.54 Å². The zero-order chi connectivity index (χ0) is 29.3. The molecule has 1 spiro atoms. The summed E-state index contributed by atoms with van der Waals surface area (Å²) in [4.78, 5) is 27.2. The number of hydrogen-bond donors (Lipinski definition) is 2. The predicted octanol–water partition coefficient (Wildman–Crippen LogP) is 5.12. The molecule has 0 bridgehead atoms. The highest BCUT2D eigenvalue weighted by atomic mass is 19.4. The van der Waals surface area contributed by atoms with E-state index in [1.807, 2.05) is 30.6 Å². The van der Waals surface area contributed by atoms with Crippen LogP contribution in [0.5, 0.6) is 0 Å². The zero-order valence-corrected chi connectivity index (χ0v) is 20.7. The lowest BCUT2D eigenvalue weighted by atomic mass is 9.84. The fourth-order valence-corrected chi connectivity index (χ4v) is 4.54. The highest BCUT2D eigenvalue weighted by molar-refractivity contribution is 5.73. The maximum Gasteiger partial charge on any atom is 0.490 e. The van der Waals surface area contributed by atoms with Gasteiger partial charge in [0.1, 0.15) is 5.82 Å². The fourth-order valence-electron chi connectivity index (χ4n) is 4.54. The monoisotopic (exact) mass is 567 g/mol. The van der Waals surface area contributed by atoms with Gasteiger partial charge in [-0.2, -0.15) is 26.3 Å². The number of aliphatic carboxylic acids is 2. The third-order valence-electron chi connectivity index (χ3n) is 6.40. The number of halogens is 7. The Kier molecular flexibility index (Phi) is 11.2. The van der Waals surface area contributed by atoms with E-state index in [9.17, 15) is 30.7 Å². The van der Waals surface area contributed by atoms with Gasteiger partial charge in [0.05, 0.1) is 0 Å². The molecule has 2 aromatic rings. The van der Waals surface area contributed by atoms with E-state index >= 15 is 0 Å². The van der Waals surface area contributed by atoms with Crippen LogP contribution in [-0.4, -0.2) is 74.5 Å². The maximum atomic E-state index is 13.4. The summed E-state index contributed by atoms with van der Waals surface area (Å²) in [5.74, 6) is -5.65. The normalized spacial score (nSPS) is 17.5. The molecule has 2 saturated heterocycles. The van der Waals surface area contributed by atoms with E-state index in [0.717, 1.165) is 31.7 Å². The third kappa shape index (κ3) is 10.4. The van der Waals surface area contributed by atoms with Crippen LogP contribution >= 0.6 is 0 Å². The summed E-state index contributed by atoms with van der Waals surface area (Å²) >= 11 is 0. The Morgan fingerprint density at radius 1 is 0.846 bits per heavy atom. The van der Waals surface area contributed by atoms with Gasteiger partial charge in [-0.15, -0.1) is 0 Å². The van der Waals surface area contributed by atoms with Crippen molar-refractivity contribution in [1.29, 1.82) is 0 Å². The van der Waals surface area contributed by atoms with Crippen molar-refractivity contribution < 1.29 is 50.5 Å². The minimum Gasteiger partial charge on any atom is -0.475 e. The van der Waals surface area contributed by atoms with Crippen molar-refractivity contribution >= 4 is 11.9 Å². The molecular formula is C25H28F7N3O4. The number of hydrogen-bond acceptors (Lipinski definition) is 5. The van der Waals surface area contributed by atoms with Crippen LogP contribution in [0.15, 0.2) is 48.8 Å². The molecule has 2 aliphatic rings. The lowest BCUT2D eigenvalue weighted by molar-refractivity contribution is -0.193. The molecule has 4 rings (SSSR count). The molecule has 0 unspecified atom stereocenters. The van der Waals surface area contributed by atoms with Gasteiger partial charge in [0.2, 0.25) is 0 Å². The lowest BCUT2D eigenvalue weighted by Gasteiger charge is -2.45. The summed E-state index contributed by atoms with van der Waals surface area (Å²) in [7, 11) is 0. The van der Waals surface area contributed by atoms with Crippen molar-refractivity contribution in [1.82, 2.24) is 14.8 Å². The quantitative estimate of drug-likeness (QED) is 0.496. The molecular weight excluding hydrogens is 539 g/mol. The number of nitrogens with zero attached hydrogens (tertiary/aromatic N) is 3. The van der Waals surface area contributed by atoms with E-state index in [-0.39, 0.29) is 5.82 Å². The van der Waals surface area contributed by atoms with Crippen LogP contribution in [0.3, 0.4) is 0 Å². The van der Waals surface area contributed by atoms with Crippen molar-refractivity contribution in [3.8, 4) is 0 Å².